The summed E-state index contributed by atoms with van der Waals surface area (Å²) in [6, 6.07) is 7.91. The topological polar surface area (TPSA) is 58.6 Å². The molecule has 1 fully saturated rings. The van der Waals surface area contributed by atoms with Crippen molar-refractivity contribution < 1.29 is 14.3 Å². The van der Waals surface area contributed by atoms with Gasteiger partial charge in [-0.25, -0.2) is 4.79 Å². The monoisotopic (exact) mass is 276 g/mol. The highest BCUT2D eigenvalue weighted by atomic mass is 16.6. The number of likely N-dealkylation sites (N-methyl/N-ethyl adjacent to an activating group) is 1. The number of carbonyl (C=O) groups excluding carboxylic acids is 2. The van der Waals surface area contributed by atoms with Gasteiger partial charge in [0.05, 0.1) is 13.0 Å². The molecule has 5 heteroatoms. The molecule has 0 aromatic heterocycles. The maximum Gasteiger partial charge on any atom is 0.409 e. The first-order chi connectivity index (χ1) is 9.54. The molecular formula is C15H20N2O3. The van der Waals surface area contributed by atoms with Gasteiger partial charge >= 0.3 is 6.09 Å². The molecule has 1 unspecified atom stereocenters. The molecular weight excluding hydrogens is 256 g/mol. The Balaban J connectivity index is 1.68. The average Bonchev–Trinajstić information content (AvgIpc) is 2.71. The number of carbonyl (C=O) groups is 2. The number of ether oxygens (including phenoxy) is 1. The molecule has 1 aliphatic heterocycles. The zero-order valence-electron chi connectivity index (χ0n) is 11.9. The number of hydrogen-bond donors (Lipinski definition) is 1. The van der Waals surface area contributed by atoms with Gasteiger partial charge in [0.2, 0.25) is 5.91 Å². The van der Waals surface area contributed by atoms with Crippen LogP contribution in [-0.4, -0.2) is 43.1 Å². The standard InChI is InChI=1S/C15H20N2O3/c1-11-3-5-12(6-4-11)9-14(18)16-8-7-13-10-17(2)15(19)20-13/h3-6,13H,7-10H2,1-2H3,(H,16,18). The molecule has 0 radical (unpaired) electrons. The first kappa shape index (κ1) is 14.4. The summed E-state index contributed by atoms with van der Waals surface area (Å²) < 4.78 is 5.12. The maximum atomic E-state index is 11.8. The minimum atomic E-state index is -0.291. The van der Waals surface area contributed by atoms with Gasteiger partial charge in [-0.2, -0.15) is 0 Å². The molecule has 1 aromatic rings. The molecule has 108 valence electrons. The quantitative estimate of drug-likeness (QED) is 0.886. The second kappa shape index (κ2) is 6.41. The molecule has 0 saturated carbocycles. The normalized spacial score (nSPS) is 18.0. The van der Waals surface area contributed by atoms with E-state index in [2.05, 4.69) is 5.32 Å². The second-order valence-electron chi connectivity index (χ2n) is 5.19. The molecule has 2 amide bonds. The zero-order chi connectivity index (χ0) is 14.5. The van der Waals surface area contributed by atoms with Crippen molar-refractivity contribution in [2.75, 3.05) is 20.1 Å². The van der Waals surface area contributed by atoms with E-state index in [1.165, 1.54) is 5.56 Å². The fourth-order valence-corrected chi connectivity index (χ4v) is 2.13. The van der Waals surface area contributed by atoms with Crippen molar-refractivity contribution in [3.05, 3.63) is 35.4 Å². The lowest BCUT2D eigenvalue weighted by Gasteiger charge is -2.09. The molecule has 1 heterocycles. The van der Waals surface area contributed by atoms with E-state index in [0.717, 1.165) is 5.56 Å². The van der Waals surface area contributed by atoms with Crippen LogP contribution in [-0.2, 0) is 16.0 Å². The maximum absolute atomic E-state index is 11.8. The minimum Gasteiger partial charge on any atom is -0.444 e. The van der Waals surface area contributed by atoms with Crippen LogP contribution in [0.25, 0.3) is 0 Å². The number of nitrogens with zero attached hydrogens (tertiary/aromatic N) is 1. The van der Waals surface area contributed by atoms with Crippen molar-refractivity contribution in [1.82, 2.24) is 10.2 Å². The van der Waals surface area contributed by atoms with Crippen LogP contribution in [0.5, 0.6) is 0 Å². The van der Waals surface area contributed by atoms with E-state index in [4.69, 9.17) is 4.74 Å². The van der Waals surface area contributed by atoms with Gasteiger partial charge in [0, 0.05) is 20.0 Å². The summed E-state index contributed by atoms with van der Waals surface area (Å²) in [6.45, 7) is 3.13. The number of aryl methyl sites for hydroxylation is 1. The third-order valence-electron chi connectivity index (χ3n) is 3.33. The van der Waals surface area contributed by atoms with Gasteiger partial charge < -0.3 is 15.0 Å². The average molecular weight is 276 g/mol. The summed E-state index contributed by atoms with van der Waals surface area (Å²) in [5.74, 6) is -0.00784. The lowest BCUT2D eigenvalue weighted by atomic mass is 10.1. The van der Waals surface area contributed by atoms with Crippen molar-refractivity contribution in [2.24, 2.45) is 0 Å². The third kappa shape index (κ3) is 3.98. The van der Waals surface area contributed by atoms with E-state index in [9.17, 15) is 9.59 Å². The Labute approximate surface area is 118 Å². The number of rotatable bonds is 5. The summed E-state index contributed by atoms with van der Waals surface area (Å²) in [4.78, 5) is 24.5. The van der Waals surface area contributed by atoms with E-state index in [1.807, 2.05) is 31.2 Å². The Kier molecular flexibility index (Phi) is 4.61. The number of amides is 2. The highest BCUT2D eigenvalue weighted by molar-refractivity contribution is 5.78. The number of benzene rings is 1. The fourth-order valence-electron chi connectivity index (χ4n) is 2.13. The first-order valence-electron chi connectivity index (χ1n) is 6.78. The van der Waals surface area contributed by atoms with Crippen LogP contribution in [0.15, 0.2) is 24.3 Å². The molecule has 5 nitrogen and oxygen atoms in total. The number of hydrogen-bond acceptors (Lipinski definition) is 3. The molecule has 2 rings (SSSR count). The van der Waals surface area contributed by atoms with Crippen molar-refractivity contribution in [2.45, 2.75) is 25.9 Å². The lowest BCUT2D eigenvalue weighted by molar-refractivity contribution is -0.120. The van der Waals surface area contributed by atoms with E-state index in [-0.39, 0.29) is 18.1 Å². The summed E-state index contributed by atoms with van der Waals surface area (Å²) in [7, 11) is 1.71. The van der Waals surface area contributed by atoms with Gasteiger partial charge in [-0.1, -0.05) is 29.8 Å². The van der Waals surface area contributed by atoms with Crippen LogP contribution in [0.4, 0.5) is 4.79 Å². The van der Waals surface area contributed by atoms with Crippen molar-refractivity contribution in [3.8, 4) is 0 Å². The largest absolute Gasteiger partial charge is 0.444 e. The third-order valence-corrected chi connectivity index (χ3v) is 3.33. The van der Waals surface area contributed by atoms with Crippen LogP contribution < -0.4 is 5.32 Å². The second-order valence-corrected chi connectivity index (χ2v) is 5.19. The molecule has 1 saturated heterocycles. The Morgan fingerprint density at radius 1 is 1.40 bits per heavy atom. The van der Waals surface area contributed by atoms with Gasteiger partial charge in [0.25, 0.3) is 0 Å². The van der Waals surface area contributed by atoms with Crippen LogP contribution in [0, 0.1) is 6.92 Å². The minimum absolute atomic E-state index is 0.00784. The summed E-state index contributed by atoms with van der Waals surface area (Å²) in [5, 5.41) is 2.85. The summed E-state index contributed by atoms with van der Waals surface area (Å²) in [5.41, 5.74) is 2.18. The highest BCUT2D eigenvalue weighted by Crippen LogP contribution is 2.11. The number of cyclic esters (lactones) is 1. The van der Waals surface area contributed by atoms with Gasteiger partial charge in [-0.15, -0.1) is 0 Å². The lowest BCUT2D eigenvalue weighted by Crippen LogP contribution is -2.29. The predicted molar refractivity (Wildman–Crippen MR) is 75.4 cm³/mol. The zero-order valence-corrected chi connectivity index (χ0v) is 11.9. The number of nitrogens with one attached hydrogen (secondary N) is 1. The molecule has 20 heavy (non-hydrogen) atoms. The SMILES string of the molecule is Cc1ccc(CC(=O)NCCC2CN(C)C(=O)O2)cc1. The molecule has 0 spiro atoms. The summed E-state index contributed by atoms with van der Waals surface area (Å²) in [6.07, 6.45) is 0.619. The molecule has 1 N–H and O–H groups in total. The van der Waals surface area contributed by atoms with Gasteiger partial charge in [-0.05, 0) is 12.5 Å². The van der Waals surface area contributed by atoms with E-state index < -0.39 is 0 Å². The molecule has 0 bridgehead atoms. The molecule has 1 aromatic carbocycles. The van der Waals surface area contributed by atoms with Crippen molar-refractivity contribution in [3.63, 3.8) is 0 Å². The molecule has 1 aliphatic rings. The Morgan fingerprint density at radius 3 is 2.70 bits per heavy atom. The van der Waals surface area contributed by atoms with Crippen LogP contribution in [0.1, 0.15) is 17.5 Å². The van der Waals surface area contributed by atoms with Crippen molar-refractivity contribution >= 4 is 12.0 Å². The smallest absolute Gasteiger partial charge is 0.409 e. The van der Waals surface area contributed by atoms with Gasteiger partial charge in [0.15, 0.2) is 0 Å². The predicted octanol–water partition coefficient (Wildman–Crippen LogP) is 1.49. The Bertz CT molecular complexity index is 484. The first-order valence-corrected chi connectivity index (χ1v) is 6.78. The van der Waals surface area contributed by atoms with Crippen molar-refractivity contribution in [1.29, 1.82) is 0 Å². The Hall–Kier alpha value is -2.04. The van der Waals surface area contributed by atoms with Crippen LogP contribution in [0.3, 0.4) is 0 Å². The summed E-state index contributed by atoms with van der Waals surface area (Å²) >= 11 is 0. The van der Waals surface area contributed by atoms with E-state index in [1.54, 1.807) is 11.9 Å². The fraction of sp³-hybridized carbons (Fsp3) is 0.467. The van der Waals surface area contributed by atoms with Gasteiger partial charge in [0.1, 0.15) is 6.10 Å². The van der Waals surface area contributed by atoms with Gasteiger partial charge in [-0.3, -0.25) is 4.79 Å². The van der Waals surface area contributed by atoms with Crippen LogP contribution >= 0.6 is 0 Å². The molecule has 0 aliphatic carbocycles. The van der Waals surface area contributed by atoms with Crippen LogP contribution in [0.2, 0.25) is 0 Å². The van der Waals surface area contributed by atoms with E-state index >= 15 is 0 Å². The highest BCUT2D eigenvalue weighted by Gasteiger charge is 2.27. The Morgan fingerprint density at radius 2 is 2.10 bits per heavy atom. The molecule has 1 atom stereocenters. The van der Waals surface area contributed by atoms with E-state index in [0.29, 0.717) is 25.9 Å².